The fourth-order valence-corrected chi connectivity index (χ4v) is 4.44. The number of amides is 1. The van der Waals surface area contributed by atoms with Crippen molar-refractivity contribution in [3.05, 3.63) is 81.6 Å². The molecule has 2 aromatic carbocycles. The summed E-state index contributed by atoms with van der Waals surface area (Å²) in [7, 11) is -3.70. The molecule has 0 saturated carbocycles. The number of aryl methyl sites for hydroxylation is 1. The summed E-state index contributed by atoms with van der Waals surface area (Å²) in [6.07, 6.45) is 2.55. The van der Waals surface area contributed by atoms with Crippen molar-refractivity contribution in [1.82, 2.24) is 9.99 Å². The van der Waals surface area contributed by atoms with Crippen molar-refractivity contribution in [3.8, 4) is 5.69 Å². The summed E-state index contributed by atoms with van der Waals surface area (Å²) in [5.74, 6) is -0.585. The molecule has 1 amide bonds. The van der Waals surface area contributed by atoms with Gasteiger partial charge in [0.05, 0.1) is 18.2 Å². The van der Waals surface area contributed by atoms with Crippen LogP contribution in [0.2, 0.25) is 10.0 Å². The summed E-state index contributed by atoms with van der Waals surface area (Å²) in [5.41, 5.74) is 6.37. The molecule has 0 atom stereocenters. The molecular weight excluding hydrogens is 471 g/mol. The highest BCUT2D eigenvalue weighted by Crippen LogP contribution is 2.22. The standard InChI is InChI=1S/C22H22Cl2N4O3S/c1-15-11-17(16(2)28(15)20-9-7-18(23)8-10-20)13-25-26-22(29)14-27(32(3,30)31)21-6-4-5-19(24)12-21/h4-13H,14H2,1-3H3,(H,26,29)/b25-13-. The number of anilines is 1. The Kier molecular flexibility index (Phi) is 7.28. The van der Waals surface area contributed by atoms with Crippen LogP contribution in [-0.2, 0) is 14.8 Å². The van der Waals surface area contributed by atoms with Crippen molar-refractivity contribution >= 4 is 51.0 Å². The van der Waals surface area contributed by atoms with Gasteiger partial charge in [-0.05, 0) is 62.4 Å². The predicted octanol–water partition coefficient (Wildman–Crippen LogP) is 4.32. The highest BCUT2D eigenvalue weighted by Gasteiger charge is 2.21. The van der Waals surface area contributed by atoms with Gasteiger partial charge in [-0.3, -0.25) is 9.10 Å². The second-order valence-electron chi connectivity index (χ2n) is 7.18. The molecule has 0 aliphatic rings. The fraction of sp³-hybridized carbons (Fsp3) is 0.182. The summed E-state index contributed by atoms with van der Waals surface area (Å²) in [6.45, 7) is 3.47. The smallest absolute Gasteiger partial charge is 0.260 e. The molecule has 1 N–H and O–H groups in total. The monoisotopic (exact) mass is 492 g/mol. The topological polar surface area (TPSA) is 83.8 Å². The molecule has 0 radical (unpaired) electrons. The number of aromatic nitrogens is 1. The van der Waals surface area contributed by atoms with Crippen LogP contribution in [0.1, 0.15) is 17.0 Å². The first-order valence-electron chi connectivity index (χ1n) is 9.56. The van der Waals surface area contributed by atoms with Gasteiger partial charge >= 0.3 is 0 Å². The van der Waals surface area contributed by atoms with Crippen LogP contribution >= 0.6 is 23.2 Å². The van der Waals surface area contributed by atoms with Gasteiger partial charge in [-0.25, -0.2) is 13.8 Å². The lowest BCUT2D eigenvalue weighted by Crippen LogP contribution is -2.39. The number of nitrogens with one attached hydrogen (secondary N) is 1. The third-order valence-corrected chi connectivity index (χ3v) is 6.36. The van der Waals surface area contributed by atoms with Crippen molar-refractivity contribution in [1.29, 1.82) is 0 Å². The highest BCUT2D eigenvalue weighted by atomic mass is 35.5. The molecule has 3 aromatic rings. The second-order valence-corrected chi connectivity index (χ2v) is 9.96. The first-order chi connectivity index (χ1) is 15.1. The van der Waals surface area contributed by atoms with Gasteiger partial charge in [-0.15, -0.1) is 0 Å². The van der Waals surface area contributed by atoms with E-state index in [4.69, 9.17) is 23.2 Å². The lowest BCUT2D eigenvalue weighted by molar-refractivity contribution is -0.119. The molecule has 7 nitrogen and oxygen atoms in total. The number of hydrazone groups is 1. The largest absolute Gasteiger partial charge is 0.318 e. The van der Waals surface area contributed by atoms with Gasteiger partial charge < -0.3 is 4.57 Å². The van der Waals surface area contributed by atoms with Gasteiger partial charge in [0.25, 0.3) is 5.91 Å². The molecule has 0 aliphatic heterocycles. The van der Waals surface area contributed by atoms with E-state index >= 15 is 0 Å². The van der Waals surface area contributed by atoms with Crippen molar-refractivity contribution in [2.45, 2.75) is 13.8 Å². The van der Waals surface area contributed by atoms with E-state index in [2.05, 4.69) is 10.5 Å². The van der Waals surface area contributed by atoms with Crippen LogP contribution in [0.5, 0.6) is 0 Å². The molecule has 32 heavy (non-hydrogen) atoms. The van der Waals surface area contributed by atoms with Gasteiger partial charge in [0.15, 0.2) is 0 Å². The lowest BCUT2D eigenvalue weighted by atomic mass is 10.2. The third-order valence-electron chi connectivity index (χ3n) is 4.73. The molecule has 0 fully saturated rings. The Labute approximate surface area is 197 Å². The molecule has 0 spiro atoms. The number of hydrogen-bond donors (Lipinski definition) is 1. The number of carbonyl (C=O) groups excluding carboxylic acids is 1. The molecular formula is C22H22Cl2N4O3S. The minimum absolute atomic E-state index is 0.297. The summed E-state index contributed by atoms with van der Waals surface area (Å²) in [6, 6.07) is 15.7. The van der Waals surface area contributed by atoms with E-state index in [0.29, 0.717) is 15.7 Å². The first-order valence-corrected chi connectivity index (χ1v) is 12.2. The van der Waals surface area contributed by atoms with Crippen LogP contribution in [0.3, 0.4) is 0 Å². The molecule has 0 aliphatic carbocycles. The minimum atomic E-state index is -3.70. The lowest BCUT2D eigenvalue weighted by Gasteiger charge is -2.21. The minimum Gasteiger partial charge on any atom is -0.318 e. The molecule has 3 rings (SSSR count). The van der Waals surface area contributed by atoms with E-state index in [9.17, 15) is 13.2 Å². The molecule has 1 aromatic heterocycles. The highest BCUT2D eigenvalue weighted by molar-refractivity contribution is 7.92. The van der Waals surface area contributed by atoms with Crippen LogP contribution in [-0.4, -0.2) is 37.9 Å². The normalized spacial score (nSPS) is 11.7. The second kappa shape index (κ2) is 9.77. The van der Waals surface area contributed by atoms with E-state index in [0.717, 1.165) is 33.2 Å². The Morgan fingerprint density at radius 3 is 2.41 bits per heavy atom. The van der Waals surface area contributed by atoms with E-state index < -0.39 is 22.5 Å². The number of carbonyl (C=O) groups is 1. The number of hydrogen-bond acceptors (Lipinski definition) is 4. The zero-order valence-electron chi connectivity index (χ0n) is 17.7. The Hall–Kier alpha value is -2.81. The van der Waals surface area contributed by atoms with Gasteiger partial charge in [0.2, 0.25) is 10.0 Å². The summed E-state index contributed by atoms with van der Waals surface area (Å²) in [5, 5.41) is 5.02. The van der Waals surface area contributed by atoms with Crippen LogP contribution in [0.15, 0.2) is 59.7 Å². The zero-order valence-corrected chi connectivity index (χ0v) is 20.0. The van der Waals surface area contributed by atoms with Crippen LogP contribution < -0.4 is 9.73 Å². The zero-order chi connectivity index (χ0) is 23.5. The van der Waals surface area contributed by atoms with Crippen molar-refractivity contribution in [3.63, 3.8) is 0 Å². The quantitative estimate of drug-likeness (QED) is 0.393. The number of nitrogens with zero attached hydrogens (tertiary/aromatic N) is 3. The van der Waals surface area contributed by atoms with Gasteiger partial charge in [0, 0.05) is 32.7 Å². The van der Waals surface area contributed by atoms with Crippen molar-refractivity contribution in [2.24, 2.45) is 5.10 Å². The van der Waals surface area contributed by atoms with Crippen molar-refractivity contribution < 1.29 is 13.2 Å². The fourth-order valence-electron chi connectivity index (χ4n) is 3.28. The van der Waals surface area contributed by atoms with Gasteiger partial charge in [-0.1, -0.05) is 29.3 Å². The molecule has 168 valence electrons. The van der Waals surface area contributed by atoms with E-state index in [1.165, 1.54) is 12.3 Å². The maximum atomic E-state index is 12.4. The number of rotatable bonds is 7. The van der Waals surface area contributed by atoms with E-state index in [1.807, 2.05) is 48.7 Å². The maximum absolute atomic E-state index is 12.4. The Morgan fingerprint density at radius 1 is 1.09 bits per heavy atom. The first kappa shape index (κ1) is 23.8. The van der Waals surface area contributed by atoms with E-state index in [-0.39, 0.29) is 0 Å². The average Bonchev–Trinajstić information content (AvgIpc) is 2.99. The Balaban J connectivity index is 1.73. The molecule has 0 saturated heterocycles. The molecule has 10 heteroatoms. The van der Waals surface area contributed by atoms with Crippen LogP contribution in [0, 0.1) is 13.8 Å². The number of sulfonamides is 1. The van der Waals surface area contributed by atoms with Crippen LogP contribution in [0.25, 0.3) is 5.69 Å². The molecule has 0 unspecified atom stereocenters. The Morgan fingerprint density at radius 2 is 1.78 bits per heavy atom. The van der Waals surface area contributed by atoms with Gasteiger partial charge in [-0.2, -0.15) is 5.10 Å². The summed E-state index contributed by atoms with van der Waals surface area (Å²) >= 11 is 11.9. The van der Waals surface area contributed by atoms with Crippen molar-refractivity contribution in [2.75, 3.05) is 17.1 Å². The summed E-state index contributed by atoms with van der Waals surface area (Å²) in [4.78, 5) is 12.4. The average molecular weight is 493 g/mol. The molecule has 1 heterocycles. The predicted molar refractivity (Wildman–Crippen MR) is 130 cm³/mol. The van der Waals surface area contributed by atoms with Gasteiger partial charge in [0.1, 0.15) is 6.54 Å². The number of halogens is 2. The third kappa shape index (κ3) is 5.70. The maximum Gasteiger partial charge on any atom is 0.260 e. The SMILES string of the molecule is Cc1cc(/C=N\NC(=O)CN(c2cccc(Cl)c2)S(C)(=O)=O)c(C)n1-c1ccc(Cl)cc1. The molecule has 0 bridgehead atoms. The van der Waals surface area contributed by atoms with Crippen LogP contribution in [0.4, 0.5) is 5.69 Å². The Bertz CT molecular complexity index is 1270. The number of benzene rings is 2. The van der Waals surface area contributed by atoms with E-state index in [1.54, 1.807) is 18.2 Å². The summed E-state index contributed by atoms with van der Waals surface area (Å²) < 4.78 is 27.4.